The molecular weight excluding hydrogens is 220 g/mol. The molecule has 2 rings (SSSR count). The standard InChI is InChI=1S/C16H32N2/c1-13(2)18(12-15-6-7-15)11-10-17-16-8-4-14(3)5-9-16/h13-17H,4-12H2,1-3H3. The van der Waals surface area contributed by atoms with Crippen molar-refractivity contribution < 1.29 is 0 Å². The van der Waals surface area contributed by atoms with Crippen molar-refractivity contribution in [2.75, 3.05) is 19.6 Å². The second kappa shape index (κ2) is 6.91. The first-order valence-corrected chi connectivity index (χ1v) is 8.12. The highest BCUT2D eigenvalue weighted by atomic mass is 15.2. The SMILES string of the molecule is CC1CCC(NCCN(CC2CC2)C(C)C)CC1. The smallest absolute Gasteiger partial charge is 0.0110 e. The Morgan fingerprint density at radius 3 is 2.28 bits per heavy atom. The maximum atomic E-state index is 3.78. The lowest BCUT2D eigenvalue weighted by atomic mass is 9.87. The average molecular weight is 252 g/mol. The largest absolute Gasteiger partial charge is 0.313 e. The van der Waals surface area contributed by atoms with Gasteiger partial charge in [0.25, 0.3) is 0 Å². The molecule has 18 heavy (non-hydrogen) atoms. The van der Waals surface area contributed by atoms with Gasteiger partial charge >= 0.3 is 0 Å². The van der Waals surface area contributed by atoms with Crippen LogP contribution in [0.25, 0.3) is 0 Å². The highest BCUT2D eigenvalue weighted by molar-refractivity contribution is 4.80. The van der Waals surface area contributed by atoms with Crippen molar-refractivity contribution in [3.63, 3.8) is 0 Å². The highest BCUT2D eigenvalue weighted by Crippen LogP contribution is 2.30. The molecule has 0 saturated heterocycles. The molecule has 0 spiro atoms. The maximum Gasteiger partial charge on any atom is 0.0110 e. The van der Waals surface area contributed by atoms with Crippen LogP contribution in [0, 0.1) is 11.8 Å². The summed E-state index contributed by atoms with van der Waals surface area (Å²) in [7, 11) is 0. The molecule has 0 atom stereocenters. The van der Waals surface area contributed by atoms with Crippen molar-refractivity contribution in [2.45, 2.75) is 71.4 Å². The molecule has 0 heterocycles. The van der Waals surface area contributed by atoms with Gasteiger partial charge in [-0.05, 0) is 64.2 Å². The molecule has 0 radical (unpaired) electrons. The Labute approximate surface area is 114 Å². The van der Waals surface area contributed by atoms with E-state index in [4.69, 9.17) is 0 Å². The van der Waals surface area contributed by atoms with Crippen LogP contribution < -0.4 is 5.32 Å². The average Bonchev–Trinajstić information content (AvgIpc) is 3.14. The number of nitrogens with one attached hydrogen (secondary N) is 1. The van der Waals surface area contributed by atoms with Crippen LogP contribution in [0.3, 0.4) is 0 Å². The quantitative estimate of drug-likeness (QED) is 0.748. The molecule has 106 valence electrons. The fourth-order valence-corrected chi connectivity index (χ4v) is 3.07. The Bertz CT molecular complexity index is 227. The van der Waals surface area contributed by atoms with Gasteiger partial charge in [0.2, 0.25) is 0 Å². The summed E-state index contributed by atoms with van der Waals surface area (Å²) in [6.07, 6.45) is 8.58. The Morgan fingerprint density at radius 2 is 1.72 bits per heavy atom. The molecule has 1 N–H and O–H groups in total. The van der Waals surface area contributed by atoms with E-state index in [-0.39, 0.29) is 0 Å². The van der Waals surface area contributed by atoms with E-state index >= 15 is 0 Å². The van der Waals surface area contributed by atoms with Crippen LogP contribution in [-0.2, 0) is 0 Å². The number of nitrogens with zero attached hydrogens (tertiary/aromatic N) is 1. The first-order valence-electron chi connectivity index (χ1n) is 8.12. The first-order chi connectivity index (χ1) is 8.65. The summed E-state index contributed by atoms with van der Waals surface area (Å²) in [5, 5.41) is 3.78. The van der Waals surface area contributed by atoms with Gasteiger partial charge in [-0.15, -0.1) is 0 Å². The van der Waals surface area contributed by atoms with Gasteiger partial charge in [-0.1, -0.05) is 6.92 Å². The molecule has 0 aromatic carbocycles. The predicted octanol–water partition coefficient (Wildman–Crippen LogP) is 3.28. The molecule has 0 aromatic heterocycles. The molecule has 2 heteroatoms. The van der Waals surface area contributed by atoms with E-state index in [2.05, 4.69) is 31.0 Å². The summed E-state index contributed by atoms with van der Waals surface area (Å²) in [5.41, 5.74) is 0. The van der Waals surface area contributed by atoms with E-state index in [1.165, 1.54) is 58.2 Å². The minimum Gasteiger partial charge on any atom is -0.313 e. The third-order valence-electron chi connectivity index (χ3n) is 4.77. The summed E-state index contributed by atoms with van der Waals surface area (Å²) < 4.78 is 0. The summed E-state index contributed by atoms with van der Waals surface area (Å²) in [4.78, 5) is 2.66. The number of hydrogen-bond donors (Lipinski definition) is 1. The van der Waals surface area contributed by atoms with Crippen LogP contribution in [0.2, 0.25) is 0 Å². The zero-order chi connectivity index (χ0) is 13.0. The van der Waals surface area contributed by atoms with Crippen molar-refractivity contribution in [3.05, 3.63) is 0 Å². The Kier molecular flexibility index (Phi) is 5.50. The van der Waals surface area contributed by atoms with Gasteiger partial charge in [0.15, 0.2) is 0 Å². The van der Waals surface area contributed by atoms with Crippen molar-refractivity contribution in [3.8, 4) is 0 Å². The van der Waals surface area contributed by atoms with Crippen LogP contribution in [0.4, 0.5) is 0 Å². The highest BCUT2D eigenvalue weighted by Gasteiger charge is 2.25. The predicted molar refractivity (Wildman–Crippen MR) is 78.9 cm³/mol. The molecule has 2 saturated carbocycles. The summed E-state index contributed by atoms with van der Waals surface area (Å²) in [6.45, 7) is 10.8. The normalized spacial score (nSPS) is 29.2. The van der Waals surface area contributed by atoms with Gasteiger partial charge in [0.1, 0.15) is 0 Å². The lowest BCUT2D eigenvalue weighted by molar-refractivity contribution is 0.205. The molecular formula is C16H32N2. The lowest BCUT2D eigenvalue weighted by Gasteiger charge is -2.30. The summed E-state index contributed by atoms with van der Waals surface area (Å²) in [5.74, 6) is 1.98. The molecule has 2 aliphatic rings. The molecule has 0 aliphatic heterocycles. The van der Waals surface area contributed by atoms with Gasteiger partial charge < -0.3 is 5.32 Å². The minimum atomic E-state index is 0.707. The van der Waals surface area contributed by atoms with Crippen LogP contribution in [0.15, 0.2) is 0 Å². The number of rotatable bonds is 7. The lowest BCUT2D eigenvalue weighted by Crippen LogP contribution is -2.41. The zero-order valence-corrected chi connectivity index (χ0v) is 12.6. The molecule has 2 aliphatic carbocycles. The van der Waals surface area contributed by atoms with Crippen LogP contribution in [0.5, 0.6) is 0 Å². The molecule has 0 unspecified atom stereocenters. The summed E-state index contributed by atoms with van der Waals surface area (Å²) in [6, 6.07) is 1.51. The Balaban J connectivity index is 1.60. The van der Waals surface area contributed by atoms with Crippen LogP contribution in [-0.4, -0.2) is 36.6 Å². The van der Waals surface area contributed by atoms with Crippen molar-refractivity contribution in [1.29, 1.82) is 0 Å². The van der Waals surface area contributed by atoms with Gasteiger partial charge in [-0.2, -0.15) is 0 Å². The van der Waals surface area contributed by atoms with E-state index in [1.807, 2.05) is 0 Å². The second-order valence-corrected chi connectivity index (χ2v) is 6.94. The van der Waals surface area contributed by atoms with Crippen molar-refractivity contribution in [2.24, 2.45) is 11.8 Å². The van der Waals surface area contributed by atoms with Crippen molar-refractivity contribution >= 4 is 0 Å². The van der Waals surface area contributed by atoms with Gasteiger partial charge in [0.05, 0.1) is 0 Å². The fourth-order valence-electron chi connectivity index (χ4n) is 3.07. The zero-order valence-electron chi connectivity index (χ0n) is 12.6. The van der Waals surface area contributed by atoms with Crippen LogP contribution >= 0.6 is 0 Å². The van der Waals surface area contributed by atoms with E-state index < -0.39 is 0 Å². The third kappa shape index (κ3) is 4.89. The minimum absolute atomic E-state index is 0.707. The van der Waals surface area contributed by atoms with E-state index in [0.717, 1.165) is 17.9 Å². The number of hydrogen-bond acceptors (Lipinski definition) is 2. The topological polar surface area (TPSA) is 15.3 Å². The molecule has 2 fully saturated rings. The maximum absolute atomic E-state index is 3.78. The first kappa shape index (κ1) is 14.3. The van der Waals surface area contributed by atoms with Gasteiger partial charge in [-0.3, -0.25) is 4.90 Å². The molecule has 0 aromatic rings. The van der Waals surface area contributed by atoms with E-state index in [0.29, 0.717) is 6.04 Å². The molecule has 0 amide bonds. The Morgan fingerprint density at radius 1 is 1.06 bits per heavy atom. The fraction of sp³-hybridized carbons (Fsp3) is 1.00. The summed E-state index contributed by atoms with van der Waals surface area (Å²) >= 11 is 0. The monoisotopic (exact) mass is 252 g/mol. The van der Waals surface area contributed by atoms with E-state index in [9.17, 15) is 0 Å². The Hall–Kier alpha value is -0.0800. The second-order valence-electron chi connectivity index (χ2n) is 6.94. The van der Waals surface area contributed by atoms with E-state index in [1.54, 1.807) is 0 Å². The van der Waals surface area contributed by atoms with Crippen molar-refractivity contribution in [1.82, 2.24) is 10.2 Å². The third-order valence-corrected chi connectivity index (χ3v) is 4.77. The molecule has 2 nitrogen and oxygen atoms in total. The molecule has 0 bridgehead atoms. The van der Waals surface area contributed by atoms with Crippen LogP contribution in [0.1, 0.15) is 59.3 Å². The van der Waals surface area contributed by atoms with Gasteiger partial charge in [0, 0.05) is 31.7 Å². The van der Waals surface area contributed by atoms with Gasteiger partial charge in [-0.25, -0.2) is 0 Å².